The number of Topliss-reactive ketones (excluding diaryl/α,β-unsaturated/α-hetero) is 1. The minimum absolute atomic E-state index is 0.111. The van der Waals surface area contributed by atoms with Crippen LogP contribution in [0.15, 0.2) is 0 Å². The third-order valence-corrected chi connectivity index (χ3v) is 1.47. The quantitative estimate of drug-likeness (QED) is 0.344. The maximum absolute atomic E-state index is 10.8. The summed E-state index contributed by atoms with van der Waals surface area (Å²) in [7, 11) is 0. The summed E-state index contributed by atoms with van der Waals surface area (Å²) in [4.78, 5) is 21.3. The molecule has 50 valence electrons. The lowest BCUT2D eigenvalue weighted by molar-refractivity contribution is -0.143. The van der Waals surface area contributed by atoms with Crippen molar-refractivity contribution in [3.63, 3.8) is 0 Å². The lowest BCUT2D eigenvalue weighted by Crippen LogP contribution is -2.14. The molecule has 2 atom stereocenters. The number of rotatable bonds is 0. The standard InChI is InChI=1S/C6H8O3/c1-3-5(7)4(2)9-6(3)8/h3-4H,1-2H3. The van der Waals surface area contributed by atoms with Gasteiger partial charge in [-0.1, -0.05) is 0 Å². The molecule has 9 heavy (non-hydrogen) atoms. The van der Waals surface area contributed by atoms with Crippen molar-refractivity contribution >= 4 is 11.8 Å². The van der Waals surface area contributed by atoms with E-state index in [4.69, 9.17) is 0 Å². The van der Waals surface area contributed by atoms with Crippen LogP contribution in [0.4, 0.5) is 0 Å². The van der Waals surface area contributed by atoms with Gasteiger partial charge in [-0.3, -0.25) is 9.59 Å². The zero-order valence-electron chi connectivity index (χ0n) is 5.38. The number of esters is 1. The van der Waals surface area contributed by atoms with Gasteiger partial charge in [0.15, 0.2) is 11.9 Å². The number of hydrogen-bond acceptors (Lipinski definition) is 3. The van der Waals surface area contributed by atoms with Gasteiger partial charge in [0, 0.05) is 0 Å². The maximum atomic E-state index is 10.8. The Morgan fingerprint density at radius 1 is 1.33 bits per heavy atom. The zero-order chi connectivity index (χ0) is 7.02. The van der Waals surface area contributed by atoms with E-state index >= 15 is 0 Å². The Bertz CT molecular complexity index is 162. The number of hydrogen-bond donors (Lipinski definition) is 0. The van der Waals surface area contributed by atoms with E-state index in [1.807, 2.05) is 0 Å². The van der Waals surface area contributed by atoms with Crippen molar-refractivity contribution in [3.05, 3.63) is 0 Å². The van der Waals surface area contributed by atoms with Crippen LogP contribution in [-0.4, -0.2) is 17.9 Å². The average molecular weight is 128 g/mol. The molecule has 1 heterocycles. The summed E-state index contributed by atoms with van der Waals surface area (Å²) in [5, 5.41) is 0. The second-order valence-corrected chi connectivity index (χ2v) is 2.20. The van der Waals surface area contributed by atoms with Gasteiger partial charge in [-0.15, -0.1) is 0 Å². The molecule has 1 rings (SSSR count). The summed E-state index contributed by atoms with van der Waals surface area (Å²) in [6.45, 7) is 3.15. The van der Waals surface area contributed by atoms with Crippen molar-refractivity contribution in [1.82, 2.24) is 0 Å². The first-order valence-corrected chi connectivity index (χ1v) is 2.87. The molecule has 0 amide bonds. The molecule has 1 fully saturated rings. The monoisotopic (exact) mass is 128 g/mol. The van der Waals surface area contributed by atoms with Gasteiger partial charge in [-0.2, -0.15) is 0 Å². The van der Waals surface area contributed by atoms with Gasteiger partial charge in [-0.05, 0) is 13.8 Å². The Balaban J connectivity index is 2.77. The summed E-state index contributed by atoms with van der Waals surface area (Å²) >= 11 is 0. The second-order valence-electron chi connectivity index (χ2n) is 2.20. The van der Waals surface area contributed by atoms with Gasteiger partial charge in [0.25, 0.3) is 0 Å². The van der Waals surface area contributed by atoms with Gasteiger partial charge in [0.1, 0.15) is 5.92 Å². The van der Waals surface area contributed by atoms with E-state index in [1.54, 1.807) is 13.8 Å². The minimum Gasteiger partial charge on any atom is -0.454 e. The number of carbonyl (C=O) groups excluding carboxylic acids is 2. The second kappa shape index (κ2) is 1.83. The van der Waals surface area contributed by atoms with Crippen molar-refractivity contribution in [1.29, 1.82) is 0 Å². The first-order chi connectivity index (χ1) is 4.13. The van der Waals surface area contributed by atoms with Crippen LogP contribution in [0.2, 0.25) is 0 Å². The van der Waals surface area contributed by atoms with Crippen molar-refractivity contribution in [2.24, 2.45) is 5.92 Å². The smallest absolute Gasteiger partial charge is 0.317 e. The van der Waals surface area contributed by atoms with Crippen LogP contribution in [0.3, 0.4) is 0 Å². The highest BCUT2D eigenvalue weighted by Crippen LogP contribution is 2.15. The SMILES string of the molecule is CC1OC(=O)C(C)C1=O. The predicted molar refractivity (Wildman–Crippen MR) is 29.7 cm³/mol. The molecule has 0 N–H and O–H groups in total. The van der Waals surface area contributed by atoms with Gasteiger partial charge in [-0.25, -0.2) is 0 Å². The molecule has 1 aliphatic rings. The number of ketones is 1. The van der Waals surface area contributed by atoms with E-state index in [0.29, 0.717) is 0 Å². The van der Waals surface area contributed by atoms with Gasteiger partial charge in [0.05, 0.1) is 0 Å². The van der Waals surface area contributed by atoms with E-state index in [0.717, 1.165) is 0 Å². The van der Waals surface area contributed by atoms with E-state index in [2.05, 4.69) is 4.74 Å². The molecule has 2 unspecified atom stereocenters. The fourth-order valence-electron chi connectivity index (χ4n) is 0.803. The fraction of sp³-hybridized carbons (Fsp3) is 0.667. The molecule has 1 aliphatic heterocycles. The topological polar surface area (TPSA) is 43.4 Å². The Morgan fingerprint density at radius 3 is 2.00 bits per heavy atom. The molecular weight excluding hydrogens is 120 g/mol. The van der Waals surface area contributed by atoms with Gasteiger partial charge in [0.2, 0.25) is 0 Å². The Hall–Kier alpha value is -0.860. The number of ether oxygens (including phenoxy) is 1. The highest BCUT2D eigenvalue weighted by atomic mass is 16.6. The first kappa shape index (κ1) is 6.26. The van der Waals surface area contributed by atoms with Gasteiger partial charge < -0.3 is 4.74 Å². The summed E-state index contributed by atoms with van der Waals surface area (Å²) in [6, 6.07) is 0. The van der Waals surface area contributed by atoms with Gasteiger partial charge >= 0.3 is 5.97 Å². The molecular formula is C6H8O3. The highest BCUT2D eigenvalue weighted by Gasteiger charge is 2.36. The van der Waals surface area contributed by atoms with Crippen molar-refractivity contribution in [2.45, 2.75) is 20.0 Å². The largest absolute Gasteiger partial charge is 0.454 e. The lowest BCUT2D eigenvalue weighted by Gasteiger charge is -1.94. The van der Waals surface area contributed by atoms with Crippen molar-refractivity contribution in [2.75, 3.05) is 0 Å². The molecule has 1 saturated heterocycles. The van der Waals surface area contributed by atoms with E-state index < -0.39 is 18.0 Å². The minimum atomic E-state index is -0.542. The number of cyclic esters (lactones) is 1. The molecule has 3 heteroatoms. The number of carbonyl (C=O) groups is 2. The van der Waals surface area contributed by atoms with E-state index in [-0.39, 0.29) is 5.78 Å². The van der Waals surface area contributed by atoms with Crippen LogP contribution in [0, 0.1) is 5.92 Å². The molecule has 0 spiro atoms. The maximum Gasteiger partial charge on any atom is 0.317 e. The summed E-state index contributed by atoms with van der Waals surface area (Å²) < 4.78 is 4.60. The van der Waals surface area contributed by atoms with Crippen LogP contribution >= 0.6 is 0 Å². The Labute approximate surface area is 53.0 Å². The Morgan fingerprint density at radius 2 is 1.89 bits per heavy atom. The molecule has 3 nitrogen and oxygen atoms in total. The van der Waals surface area contributed by atoms with Crippen molar-refractivity contribution in [3.8, 4) is 0 Å². The van der Waals surface area contributed by atoms with Crippen molar-refractivity contribution < 1.29 is 14.3 Å². The molecule has 0 radical (unpaired) electrons. The third-order valence-electron chi connectivity index (χ3n) is 1.47. The van der Waals surface area contributed by atoms with Crippen LogP contribution in [0.1, 0.15) is 13.8 Å². The normalized spacial score (nSPS) is 34.9. The first-order valence-electron chi connectivity index (χ1n) is 2.87. The predicted octanol–water partition coefficient (Wildman–Crippen LogP) is 0.137. The molecule has 0 aromatic carbocycles. The van der Waals surface area contributed by atoms with Crippen LogP contribution in [0.25, 0.3) is 0 Å². The molecule has 0 aromatic rings. The van der Waals surface area contributed by atoms with Crippen LogP contribution in [0.5, 0.6) is 0 Å². The van der Waals surface area contributed by atoms with Crippen LogP contribution < -0.4 is 0 Å². The highest BCUT2D eigenvalue weighted by molar-refractivity contribution is 6.05. The third kappa shape index (κ3) is 0.823. The lowest BCUT2D eigenvalue weighted by atomic mass is 10.1. The summed E-state index contributed by atoms with van der Waals surface area (Å²) in [5.74, 6) is -1.05. The molecule has 0 bridgehead atoms. The molecule has 0 aliphatic carbocycles. The zero-order valence-corrected chi connectivity index (χ0v) is 5.38. The van der Waals surface area contributed by atoms with E-state index in [9.17, 15) is 9.59 Å². The average Bonchev–Trinajstić information content (AvgIpc) is 1.98. The van der Waals surface area contributed by atoms with Crippen LogP contribution in [-0.2, 0) is 14.3 Å². The molecule has 0 saturated carbocycles. The molecule has 0 aromatic heterocycles. The fourth-order valence-corrected chi connectivity index (χ4v) is 0.803. The summed E-state index contributed by atoms with van der Waals surface area (Å²) in [6.07, 6.45) is -0.521. The summed E-state index contributed by atoms with van der Waals surface area (Å²) in [5.41, 5.74) is 0. The van der Waals surface area contributed by atoms with E-state index in [1.165, 1.54) is 0 Å². The Kier molecular flexibility index (Phi) is 1.27.